The fourth-order valence-corrected chi connectivity index (χ4v) is 3.07. The topological polar surface area (TPSA) is 50.9 Å². The molecule has 2 rings (SSSR count). The summed E-state index contributed by atoms with van der Waals surface area (Å²) < 4.78 is 5.22. The van der Waals surface area contributed by atoms with E-state index in [1.54, 1.807) is 7.11 Å². The first kappa shape index (κ1) is 14.6. The number of ether oxygens (including phenoxy) is 1. The summed E-state index contributed by atoms with van der Waals surface area (Å²) in [6, 6.07) is 0. The van der Waals surface area contributed by atoms with E-state index in [1.807, 2.05) is 0 Å². The van der Waals surface area contributed by atoms with Crippen LogP contribution >= 0.6 is 0 Å². The molecule has 2 N–H and O–H groups in total. The molecule has 0 amide bonds. The second-order valence-electron chi connectivity index (χ2n) is 6.44. The summed E-state index contributed by atoms with van der Waals surface area (Å²) in [7, 11) is 1.78. The fraction of sp³-hybridized carbons (Fsp3) is 0.933. The number of likely N-dealkylation sites (tertiary alicyclic amines) is 1. The van der Waals surface area contributed by atoms with Crippen LogP contribution in [0.3, 0.4) is 0 Å². The Labute approximate surface area is 117 Å². The second-order valence-corrected chi connectivity index (χ2v) is 6.44. The van der Waals surface area contributed by atoms with Crippen molar-refractivity contribution in [3.63, 3.8) is 0 Å². The maximum absolute atomic E-state index is 6.15. The van der Waals surface area contributed by atoms with Gasteiger partial charge >= 0.3 is 0 Å². The average Bonchev–Trinajstić information content (AvgIpc) is 2.37. The molecule has 1 aliphatic carbocycles. The van der Waals surface area contributed by atoms with Gasteiger partial charge in [-0.1, -0.05) is 13.3 Å². The normalized spacial score (nSPS) is 24.3. The van der Waals surface area contributed by atoms with Crippen molar-refractivity contribution in [2.45, 2.75) is 45.4 Å². The standard InChI is InChI=1S/C15H29N3O/c1-13-4-9-18(10-5-13)14(16)17-12-15(6-3-7-15)8-11-19-2/h13H,3-12H2,1-2H3,(H2,16,17). The van der Waals surface area contributed by atoms with Crippen molar-refractivity contribution >= 4 is 5.96 Å². The molecule has 2 aliphatic rings. The molecule has 1 saturated heterocycles. The van der Waals surface area contributed by atoms with Crippen LogP contribution in [-0.2, 0) is 4.74 Å². The van der Waals surface area contributed by atoms with Gasteiger partial charge in [-0.2, -0.15) is 0 Å². The van der Waals surface area contributed by atoms with Gasteiger partial charge in [-0.05, 0) is 43.4 Å². The van der Waals surface area contributed by atoms with Crippen LogP contribution in [0.15, 0.2) is 4.99 Å². The van der Waals surface area contributed by atoms with Crippen LogP contribution < -0.4 is 5.73 Å². The minimum atomic E-state index is 0.379. The molecule has 0 aromatic carbocycles. The summed E-state index contributed by atoms with van der Waals surface area (Å²) in [4.78, 5) is 6.94. The van der Waals surface area contributed by atoms with Gasteiger partial charge in [0.25, 0.3) is 0 Å². The molecule has 0 unspecified atom stereocenters. The molecular weight excluding hydrogens is 238 g/mol. The number of hydrogen-bond acceptors (Lipinski definition) is 2. The van der Waals surface area contributed by atoms with Crippen LogP contribution in [0.25, 0.3) is 0 Å². The van der Waals surface area contributed by atoms with Crippen molar-refractivity contribution in [2.24, 2.45) is 22.1 Å². The van der Waals surface area contributed by atoms with E-state index in [0.29, 0.717) is 5.41 Å². The highest BCUT2D eigenvalue weighted by Gasteiger charge is 2.36. The van der Waals surface area contributed by atoms with E-state index in [-0.39, 0.29) is 0 Å². The summed E-state index contributed by atoms with van der Waals surface area (Å²) in [6.07, 6.45) is 7.50. The van der Waals surface area contributed by atoms with Crippen LogP contribution in [0.2, 0.25) is 0 Å². The van der Waals surface area contributed by atoms with E-state index < -0.39 is 0 Å². The molecule has 0 radical (unpaired) electrons. The lowest BCUT2D eigenvalue weighted by atomic mass is 9.67. The Balaban J connectivity index is 1.82. The van der Waals surface area contributed by atoms with Crippen LogP contribution in [0.4, 0.5) is 0 Å². The van der Waals surface area contributed by atoms with Gasteiger partial charge in [0.1, 0.15) is 0 Å². The Morgan fingerprint density at radius 3 is 2.58 bits per heavy atom. The van der Waals surface area contributed by atoms with Gasteiger partial charge in [-0.15, -0.1) is 0 Å². The highest BCUT2D eigenvalue weighted by molar-refractivity contribution is 5.78. The number of nitrogens with zero attached hydrogens (tertiary/aromatic N) is 2. The lowest BCUT2D eigenvalue weighted by Gasteiger charge is -2.41. The third kappa shape index (κ3) is 3.85. The fourth-order valence-electron chi connectivity index (χ4n) is 3.07. The van der Waals surface area contributed by atoms with Crippen LogP contribution in [-0.4, -0.2) is 44.2 Å². The Morgan fingerprint density at radius 1 is 1.37 bits per heavy atom. The number of guanidine groups is 1. The zero-order valence-electron chi connectivity index (χ0n) is 12.5. The maximum Gasteiger partial charge on any atom is 0.191 e. The highest BCUT2D eigenvalue weighted by Crippen LogP contribution is 2.44. The summed E-state index contributed by atoms with van der Waals surface area (Å²) in [5.41, 5.74) is 6.53. The monoisotopic (exact) mass is 267 g/mol. The van der Waals surface area contributed by atoms with E-state index in [4.69, 9.17) is 10.5 Å². The van der Waals surface area contributed by atoms with Gasteiger partial charge in [0, 0.05) is 33.4 Å². The Kier molecular flexibility index (Phi) is 5.08. The number of hydrogen-bond donors (Lipinski definition) is 1. The van der Waals surface area contributed by atoms with Gasteiger partial charge in [-0.3, -0.25) is 4.99 Å². The predicted molar refractivity (Wildman–Crippen MR) is 79.2 cm³/mol. The lowest BCUT2D eigenvalue weighted by Crippen LogP contribution is -2.43. The molecule has 0 spiro atoms. The summed E-state index contributed by atoms with van der Waals surface area (Å²) in [5.74, 6) is 1.60. The largest absolute Gasteiger partial charge is 0.385 e. The highest BCUT2D eigenvalue weighted by atomic mass is 16.5. The molecule has 4 heteroatoms. The van der Waals surface area contributed by atoms with Crippen LogP contribution in [0, 0.1) is 11.3 Å². The molecule has 1 saturated carbocycles. The zero-order chi connectivity index (χ0) is 13.7. The van der Waals surface area contributed by atoms with Gasteiger partial charge in [0.05, 0.1) is 0 Å². The number of aliphatic imine (C=N–C) groups is 1. The van der Waals surface area contributed by atoms with Crippen molar-refractivity contribution in [2.75, 3.05) is 33.4 Å². The number of piperidine rings is 1. The predicted octanol–water partition coefficient (Wildman–Crippen LogP) is 2.24. The van der Waals surface area contributed by atoms with Gasteiger partial charge in [0.15, 0.2) is 5.96 Å². The summed E-state index contributed by atoms with van der Waals surface area (Å²) in [5, 5.41) is 0. The molecule has 110 valence electrons. The van der Waals surface area contributed by atoms with E-state index in [9.17, 15) is 0 Å². The number of rotatable bonds is 5. The average molecular weight is 267 g/mol. The molecule has 0 bridgehead atoms. The molecule has 0 atom stereocenters. The summed E-state index contributed by atoms with van der Waals surface area (Å²) >= 11 is 0. The minimum absolute atomic E-state index is 0.379. The molecule has 1 aliphatic heterocycles. The smallest absolute Gasteiger partial charge is 0.191 e. The Bertz CT molecular complexity index is 305. The first-order valence-corrected chi connectivity index (χ1v) is 7.69. The zero-order valence-corrected chi connectivity index (χ0v) is 12.5. The van der Waals surface area contributed by atoms with E-state index in [0.717, 1.165) is 44.5 Å². The first-order chi connectivity index (χ1) is 9.15. The molecule has 0 aromatic heterocycles. The van der Waals surface area contributed by atoms with E-state index in [1.165, 1.54) is 32.1 Å². The third-order valence-corrected chi connectivity index (χ3v) is 4.93. The molecule has 19 heavy (non-hydrogen) atoms. The second kappa shape index (κ2) is 6.60. The molecular formula is C15H29N3O. The number of nitrogens with two attached hydrogens (primary N) is 1. The first-order valence-electron chi connectivity index (χ1n) is 7.69. The van der Waals surface area contributed by atoms with E-state index >= 15 is 0 Å². The minimum Gasteiger partial charge on any atom is -0.385 e. The number of methoxy groups -OCH3 is 1. The van der Waals surface area contributed by atoms with Gasteiger partial charge < -0.3 is 15.4 Å². The van der Waals surface area contributed by atoms with Crippen molar-refractivity contribution < 1.29 is 4.74 Å². The van der Waals surface area contributed by atoms with Gasteiger partial charge in [-0.25, -0.2) is 0 Å². The van der Waals surface area contributed by atoms with Crippen molar-refractivity contribution in [3.8, 4) is 0 Å². The van der Waals surface area contributed by atoms with Crippen LogP contribution in [0.5, 0.6) is 0 Å². The van der Waals surface area contributed by atoms with Crippen molar-refractivity contribution in [3.05, 3.63) is 0 Å². The van der Waals surface area contributed by atoms with Gasteiger partial charge in [0.2, 0.25) is 0 Å². The Morgan fingerprint density at radius 2 is 2.05 bits per heavy atom. The summed E-state index contributed by atoms with van der Waals surface area (Å²) in [6.45, 7) is 6.19. The third-order valence-electron chi connectivity index (χ3n) is 4.93. The SMILES string of the molecule is COCCC1(CN=C(N)N2CCC(C)CC2)CCC1. The maximum atomic E-state index is 6.15. The molecule has 0 aromatic rings. The van der Waals surface area contributed by atoms with E-state index in [2.05, 4.69) is 16.8 Å². The molecule has 2 fully saturated rings. The quantitative estimate of drug-likeness (QED) is 0.614. The van der Waals surface area contributed by atoms with Crippen LogP contribution in [0.1, 0.15) is 45.4 Å². The van der Waals surface area contributed by atoms with Crippen molar-refractivity contribution in [1.29, 1.82) is 0 Å². The van der Waals surface area contributed by atoms with Crippen molar-refractivity contribution in [1.82, 2.24) is 4.90 Å². The molecule has 1 heterocycles. The lowest BCUT2D eigenvalue weighted by molar-refractivity contribution is 0.0776. The Hall–Kier alpha value is -0.770. The molecule has 4 nitrogen and oxygen atoms in total.